The van der Waals surface area contributed by atoms with E-state index >= 15 is 0 Å². The van der Waals surface area contributed by atoms with Gasteiger partial charge in [-0.05, 0) is 51.2 Å². The van der Waals surface area contributed by atoms with Gasteiger partial charge < -0.3 is 9.64 Å². The van der Waals surface area contributed by atoms with Gasteiger partial charge >= 0.3 is 5.97 Å². The fourth-order valence-electron chi connectivity index (χ4n) is 2.79. The van der Waals surface area contributed by atoms with Gasteiger partial charge in [-0.1, -0.05) is 35.9 Å². The van der Waals surface area contributed by atoms with Gasteiger partial charge in [-0.15, -0.1) is 0 Å². The summed E-state index contributed by atoms with van der Waals surface area (Å²) in [5.74, 6) is -0.572. The maximum atomic E-state index is 12.8. The maximum absolute atomic E-state index is 12.8. The molecule has 0 heterocycles. The molecule has 1 N–H and O–H groups in total. The minimum Gasteiger partial charge on any atom is -0.465 e. The third-order valence-electron chi connectivity index (χ3n) is 4.45. The van der Waals surface area contributed by atoms with Crippen LogP contribution in [0.2, 0.25) is 0 Å². The number of methoxy groups -OCH3 is 1. The first-order valence-electron chi connectivity index (χ1n) is 8.57. The van der Waals surface area contributed by atoms with E-state index in [-0.39, 0.29) is 23.0 Å². The monoisotopic (exact) mass is 390 g/mol. The zero-order valence-electron chi connectivity index (χ0n) is 16.3. The van der Waals surface area contributed by atoms with Crippen LogP contribution >= 0.6 is 0 Å². The summed E-state index contributed by atoms with van der Waals surface area (Å²) in [6.45, 7) is 3.91. The van der Waals surface area contributed by atoms with E-state index in [4.69, 9.17) is 0 Å². The molecule has 146 valence electrons. The van der Waals surface area contributed by atoms with Crippen LogP contribution < -0.4 is 4.72 Å². The lowest BCUT2D eigenvalue weighted by Gasteiger charge is -2.25. The van der Waals surface area contributed by atoms with E-state index in [0.29, 0.717) is 5.56 Å². The molecule has 0 aliphatic rings. The summed E-state index contributed by atoms with van der Waals surface area (Å²) in [5, 5.41) is 0. The first-order chi connectivity index (χ1) is 12.7. The first kappa shape index (κ1) is 21.1. The van der Waals surface area contributed by atoms with E-state index in [1.54, 1.807) is 19.1 Å². The molecule has 2 aromatic carbocycles. The molecule has 0 aliphatic heterocycles. The highest BCUT2D eigenvalue weighted by Gasteiger charge is 2.22. The van der Waals surface area contributed by atoms with Gasteiger partial charge in [-0.25, -0.2) is 17.9 Å². The lowest BCUT2D eigenvalue weighted by atomic mass is 10.0. The molecule has 1 atom stereocenters. The van der Waals surface area contributed by atoms with Crippen molar-refractivity contribution in [2.75, 3.05) is 27.7 Å². The molecule has 2 aromatic rings. The molecule has 0 spiro atoms. The quantitative estimate of drug-likeness (QED) is 0.736. The summed E-state index contributed by atoms with van der Waals surface area (Å²) in [7, 11) is 1.29. The van der Waals surface area contributed by atoms with Gasteiger partial charge in [0.2, 0.25) is 10.0 Å². The first-order valence-corrected chi connectivity index (χ1v) is 10.1. The Bertz CT molecular complexity index is 906. The fraction of sp³-hybridized carbons (Fsp3) is 0.350. The van der Waals surface area contributed by atoms with Crippen molar-refractivity contribution in [1.82, 2.24) is 9.62 Å². The highest BCUT2D eigenvalue weighted by atomic mass is 32.2. The van der Waals surface area contributed by atoms with Gasteiger partial charge in [-0.2, -0.15) is 0 Å². The molecule has 2 rings (SSSR count). The Morgan fingerprint density at radius 1 is 1.11 bits per heavy atom. The number of esters is 1. The number of hydrogen-bond donors (Lipinski definition) is 1. The van der Waals surface area contributed by atoms with Crippen LogP contribution in [0.15, 0.2) is 47.4 Å². The molecule has 0 saturated carbocycles. The van der Waals surface area contributed by atoms with Crippen molar-refractivity contribution >= 4 is 16.0 Å². The minimum atomic E-state index is -3.78. The van der Waals surface area contributed by atoms with E-state index in [2.05, 4.69) is 9.46 Å². The number of carbonyl (C=O) groups is 1. The average Bonchev–Trinajstić information content (AvgIpc) is 2.62. The van der Waals surface area contributed by atoms with Crippen LogP contribution in [0, 0.1) is 13.8 Å². The number of carbonyl (C=O) groups excluding carboxylic acids is 1. The van der Waals surface area contributed by atoms with Crippen LogP contribution in [0.25, 0.3) is 0 Å². The molecular formula is C20H26N2O4S. The van der Waals surface area contributed by atoms with E-state index in [1.807, 2.05) is 50.2 Å². The molecule has 27 heavy (non-hydrogen) atoms. The van der Waals surface area contributed by atoms with E-state index in [0.717, 1.165) is 11.1 Å². The van der Waals surface area contributed by atoms with Gasteiger partial charge in [0.25, 0.3) is 0 Å². The standard InChI is InChI=1S/C20H26N2O4S/c1-14-6-9-16(10-7-14)18(22(3)4)13-21-27(24,25)19-12-17(20(23)26-5)11-8-15(19)2/h6-12,18,21H,13H2,1-5H3. The molecule has 1 unspecified atom stereocenters. The van der Waals surface area contributed by atoms with Crippen LogP contribution in [0.5, 0.6) is 0 Å². The Morgan fingerprint density at radius 3 is 2.30 bits per heavy atom. The Kier molecular flexibility index (Phi) is 6.75. The molecule has 6 nitrogen and oxygen atoms in total. The van der Waals surface area contributed by atoms with Crippen molar-refractivity contribution in [3.05, 3.63) is 64.7 Å². The second-order valence-corrected chi connectivity index (χ2v) is 8.45. The Hall–Kier alpha value is -2.22. The van der Waals surface area contributed by atoms with E-state index in [9.17, 15) is 13.2 Å². The van der Waals surface area contributed by atoms with Gasteiger partial charge in [0.05, 0.1) is 17.6 Å². The van der Waals surface area contributed by atoms with Crippen molar-refractivity contribution in [1.29, 1.82) is 0 Å². The maximum Gasteiger partial charge on any atom is 0.337 e. The summed E-state index contributed by atoms with van der Waals surface area (Å²) < 4.78 is 33.0. The Balaban J connectivity index is 2.27. The highest BCUT2D eigenvalue weighted by Crippen LogP contribution is 2.21. The minimum absolute atomic E-state index is 0.0758. The third-order valence-corrected chi connectivity index (χ3v) is 6.02. The normalized spacial score (nSPS) is 12.8. The second kappa shape index (κ2) is 8.65. The number of nitrogens with one attached hydrogen (secondary N) is 1. The molecule has 0 radical (unpaired) electrons. The molecule has 0 saturated heterocycles. The van der Waals surface area contributed by atoms with E-state index < -0.39 is 16.0 Å². The smallest absolute Gasteiger partial charge is 0.337 e. The van der Waals surface area contributed by atoms with Crippen molar-refractivity contribution in [3.8, 4) is 0 Å². The fourth-order valence-corrected chi connectivity index (χ4v) is 4.09. The number of sulfonamides is 1. The number of rotatable bonds is 7. The number of likely N-dealkylation sites (N-methyl/N-ethyl adjacent to an activating group) is 1. The lowest BCUT2D eigenvalue weighted by molar-refractivity contribution is 0.0600. The van der Waals surface area contributed by atoms with Gasteiger partial charge in [0, 0.05) is 12.6 Å². The lowest BCUT2D eigenvalue weighted by Crippen LogP contribution is -2.35. The summed E-state index contributed by atoms with van der Waals surface area (Å²) in [6, 6.07) is 12.4. The van der Waals surface area contributed by atoms with Crippen LogP contribution in [-0.4, -0.2) is 47.0 Å². The SMILES string of the molecule is COC(=O)c1ccc(C)c(S(=O)(=O)NCC(c2ccc(C)cc2)N(C)C)c1. The number of nitrogens with zero attached hydrogens (tertiary/aromatic N) is 1. The number of hydrogen-bond acceptors (Lipinski definition) is 5. The highest BCUT2D eigenvalue weighted by molar-refractivity contribution is 7.89. The summed E-state index contributed by atoms with van der Waals surface area (Å²) in [6.07, 6.45) is 0. The van der Waals surface area contributed by atoms with Crippen LogP contribution in [0.3, 0.4) is 0 Å². The zero-order valence-corrected chi connectivity index (χ0v) is 17.1. The van der Waals surface area contributed by atoms with Gasteiger partial charge in [0.15, 0.2) is 0 Å². The second-order valence-electron chi connectivity index (χ2n) is 6.71. The Morgan fingerprint density at radius 2 is 1.74 bits per heavy atom. The van der Waals surface area contributed by atoms with Gasteiger partial charge in [-0.3, -0.25) is 0 Å². The molecular weight excluding hydrogens is 364 g/mol. The van der Waals surface area contributed by atoms with Crippen LogP contribution in [0.4, 0.5) is 0 Å². The number of ether oxygens (including phenoxy) is 1. The number of aryl methyl sites for hydroxylation is 2. The molecule has 0 aromatic heterocycles. The van der Waals surface area contributed by atoms with Gasteiger partial charge in [0.1, 0.15) is 0 Å². The van der Waals surface area contributed by atoms with E-state index in [1.165, 1.54) is 13.2 Å². The predicted molar refractivity (Wildman–Crippen MR) is 105 cm³/mol. The molecule has 0 aliphatic carbocycles. The Labute approximate surface area is 161 Å². The summed E-state index contributed by atoms with van der Waals surface area (Å²) in [5.41, 5.74) is 2.93. The molecule has 0 fully saturated rings. The van der Waals surface area contributed by atoms with Crippen LogP contribution in [-0.2, 0) is 14.8 Å². The average molecular weight is 391 g/mol. The topological polar surface area (TPSA) is 75.7 Å². The van der Waals surface area contributed by atoms with Crippen molar-refractivity contribution in [2.24, 2.45) is 0 Å². The van der Waals surface area contributed by atoms with Crippen molar-refractivity contribution in [3.63, 3.8) is 0 Å². The number of benzene rings is 2. The molecule has 0 amide bonds. The summed E-state index contributed by atoms with van der Waals surface area (Å²) in [4.78, 5) is 13.8. The largest absolute Gasteiger partial charge is 0.465 e. The van der Waals surface area contributed by atoms with Crippen molar-refractivity contribution < 1.29 is 17.9 Å². The van der Waals surface area contributed by atoms with Crippen molar-refractivity contribution in [2.45, 2.75) is 24.8 Å². The third kappa shape index (κ3) is 5.15. The zero-order chi connectivity index (χ0) is 20.2. The summed E-state index contributed by atoms with van der Waals surface area (Å²) >= 11 is 0. The van der Waals surface area contributed by atoms with Crippen LogP contribution in [0.1, 0.15) is 33.1 Å². The molecule has 0 bridgehead atoms. The molecule has 7 heteroatoms. The predicted octanol–water partition coefficient (Wildman–Crippen LogP) is 2.67.